The van der Waals surface area contributed by atoms with Crippen molar-refractivity contribution in [2.24, 2.45) is 11.8 Å². The molecule has 0 unspecified atom stereocenters. The summed E-state index contributed by atoms with van der Waals surface area (Å²) in [4.78, 5) is 46.1. The quantitative estimate of drug-likeness (QED) is 0.196. The number of ketones is 1. The molecule has 4 heterocycles. The molecule has 46 heavy (non-hydrogen) atoms. The summed E-state index contributed by atoms with van der Waals surface area (Å²) in [5.74, 6) is -2.45. The Morgan fingerprint density at radius 1 is 1.11 bits per heavy atom. The summed E-state index contributed by atoms with van der Waals surface area (Å²) in [6, 6.07) is 4.99. The number of amides is 1. The second kappa shape index (κ2) is 15.1. The molecule has 2 aliphatic rings. The standard InChI is InChI=1S/C33H49BN6O6/c1-8-28-33(6)29(23(4)36-19-21(2)18-32(5,44-7)27(34)17-26(41)22(3)30(42)45-28)40(31(43)46-33)16-12-11-15-39-20-25(37-38-39)24-13-9-10-14-35-24/h9-10,13-14,20-23,27-29,36H,8,11-12,15-19H2,1-7H3/t21-,22-,23-,27-,28-,29-,32+,33-/m1/s1. The van der Waals surface area contributed by atoms with Crippen molar-refractivity contribution in [3.8, 4) is 11.4 Å². The number of hydrogen-bond donors (Lipinski definition) is 1. The van der Waals surface area contributed by atoms with Gasteiger partial charge in [0, 0.05) is 38.9 Å². The Kier molecular flexibility index (Phi) is 11.6. The number of rotatable bonds is 8. The van der Waals surface area contributed by atoms with Crippen molar-refractivity contribution >= 4 is 25.7 Å². The van der Waals surface area contributed by atoms with E-state index in [1.54, 1.807) is 29.8 Å². The Balaban J connectivity index is 1.53. The Morgan fingerprint density at radius 2 is 1.85 bits per heavy atom. The van der Waals surface area contributed by atoms with E-state index in [9.17, 15) is 14.4 Å². The van der Waals surface area contributed by atoms with Gasteiger partial charge in [0.05, 0.1) is 31.4 Å². The second-order valence-electron chi connectivity index (χ2n) is 13.3. The first-order chi connectivity index (χ1) is 21.8. The monoisotopic (exact) mass is 636 g/mol. The Hall–Kier alpha value is -3.32. The molecule has 0 bridgehead atoms. The lowest BCUT2D eigenvalue weighted by molar-refractivity contribution is -0.169. The van der Waals surface area contributed by atoms with E-state index in [1.165, 1.54) is 0 Å². The molecule has 12 nitrogen and oxygen atoms in total. The minimum Gasteiger partial charge on any atom is -0.458 e. The number of nitrogens with one attached hydrogen (secondary N) is 1. The number of hydrogen-bond acceptors (Lipinski definition) is 10. The maximum atomic E-state index is 13.5. The predicted octanol–water partition coefficient (Wildman–Crippen LogP) is 4.00. The van der Waals surface area contributed by atoms with E-state index in [1.807, 2.05) is 52.1 Å². The first-order valence-corrected chi connectivity index (χ1v) is 16.4. The van der Waals surface area contributed by atoms with Gasteiger partial charge in [-0.25, -0.2) is 4.79 Å². The van der Waals surface area contributed by atoms with E-state index in [2.05, 4.69) is 27.5 Å². The van der Waals surface area contributed by atoms with Crippen LogP contribution in [0.3, 0.4) is 0 Å². The van der Waals surface area contributed by atoms with E-state index < -0.39 is 47.1 Å². The summed E-state index contributed by atoms with van der Waals surface area (Å²) < 4.78 is 19.7. The van der Waals surface area contributed by atoms with Crippen molar-refractivity contribution in [1.29, 1.82) is 0 Å². The molecule has 0 aliphatic carbocycles. The molecule has 2 aliphatic heterocycles. The van der Waals surface area contributed by atoms with Gasteiger partial charge in [0.15, 0.2) is 5.60 Å². The molecule has 0 aromatic carbocycles. The van der Waals surface area contributed by atoms with Gasteiger partial charge in [-0.3, -0.25) is 24.2 Å². The zero-order chi connectivity index (χ0) is 33.6. The topological polar surface area (TPSA) is 138 Å². The number of pyridine rings is 1. The van der Waals surface area contributed by atoms with Gasteiger partial charge in [-0.15, -0.1) is 5.10 Å². The largest absolute Gasteiger partial charge is 0.458 e. The van der Waals surface area contributed by atoms with Crippen LogP contribution in [-0.4, -0.2) is 100 Å². The van der Waals surface area contributed by atoms with Crippen LogP contribution in [0.5, 0.6) is 0 Å². The van der Waals surface area contributed by atoms with E-state index in [0.29, 0.717) is 44.6 Å². The molecule has 2 aromatic rings. The highest BCUT2D eigenvalue weighted by Gasteiger charge is 2.58. The van der Waals surface area contributed by atoms with E-state index in [4.69, 9.17) is 22.1 Å². The van der Waals surface area contributed by atoms with Crippen molar-refractivity contribution in [1.82, 2.24) is 30.2 Å². The molecule has 0 saturated carbocycles. The average Bonchev–Trinajstić information content (AvgIpc) is 3.61. The number of aromatic nitrogens is 4. The number of carbonyl (C=O) groups excluding carboxylic acids is 3. The Morgan fingerprint density at radius 3 is 2.52 bits per heavy atom. The smallest absolute Gasteiger partial charge is 0.410 e. The third-order valence-electron chi connectivity index (χ3n) is 9.76. The first kappa shape index (κ1) is 35.5. The SMILES string of the molecule is [B][C@@H]1CC(=O)[C@@H](C)C(=O)O[C@H](CC)[C@@]2(C)OC(=O)N(CCCCn3cc(-c4ccccn4)nn3)[C@@H]2[C@@H](C)NC[C@H](C)C[C@]1(C)OC. The number of cyclic esters (lactones) is 1. The second-order valence-corrected chi connectivity index (χ2v) is 13.3. The zero-order valence-electron chi connectivity index (χ0n) is 28.3. The fourth-order valence-corrected chi connectivity index (χ4v) is 6.82. The summed E-state index contributed by atoms with van der Waals surface area (Å²) in [5.41, 5.74) is -0.465. The van der Waals surface area contributed by atoms with Crippen LogP contribution in [0.25, 0.3) is 11.4 Å². The van der Waals surface area contributed by atoms with Gasteiger partial charge in [0.25, 0.3) is 0 Å². The molecule has 2 fully saturated rings. The molecule has 0 spiro atoms. The summed E-state index contributed by atoms with van der Waals surface area (Å²) in [7, 11) is 8.10. The van der Waals surface area contributed by atoms with Gasteiger partial charge in [-0.05, 0) is 83.8 Å². The van der Waals surface area contributed by atoms with E-state index in [-0.39, 0.29) is 24.2 Å². The number of nitrogens with zero attached hydrogens (tertiary/aromatic N) is 5. The molecular weight excluding hydrogens is 587 g/mol. The molecule has 1 N–H and O–H groups in total. The summed E-state index contributed by atoms with van der Waals surface area (Å²) in [6.07, 6.45) is 4.78. The van der Waals surface area contributed by atoms with Crippen molar-refractivity contribution in [2.45, 2.75) is 115 Å². The average molecular weight is 637 g/mol. The number of fused-ring (bicyclic) bond motifs is 1. The maximum absolute atomic E-state index is 13.5. The summed E-state index contributed by atoms with van der Waals surface area (Å²) in [6.45, 7) is 13.0. The molecule has 2 aromatic heterocycles. The third kappa shape index (κ3) is 7.79. The van der Waals surface area contributed by atoms with Crippen molar-refractivity contribution in [3.05, 3.63) is 30.6 Å². The summed E-state index contributed by atoms with van der Waals surface area (Å²) >= 11 is 0. The maximum Gasteiger partial charge on any atom is 0.410 e. The lowest BCUT2D eigenvalue weighted by Crippen LogP contribution is -2.60. The van der Waals surface area contributed by atoms with Gasteiger partial charge in [0.1, 0.15) is 23.5 Å². The fourth-order valence-electron chi connectivity index (χ4n) is 6.82. The van der Waals surface area contributed by atoms with E-state index in [0.717, 1.165) is 12.1 Å². The number of unbranched alkanes of at least 4 members (excludes halogenated alkanes) is 1. The molecule has 1 amide bonds. The molecule has 2 saturated heterocycles. The van der Waals surface area contributed by atoms with Crippen LogP contribution in [0.4, 0.5) is 4.79 Å². The van der Waals surface area contributed by atoms with Gasteiger partial charge < -0.3 is 19.5 Å². The normalized spacial score (nSPS) is 33.1. The lowest BCUT2D eigenvalue weighted by atomic mass is 9.67. The first-order valence-electron chi connectivity index (χ1n) is 16.4. The van der Waals surface area contributed by atoms with Crippen LogP contribution in [0.1, 0.15) is 73.6 Å². The molecule has 250 valence electrons. The number of aryl methyl sites for hydroxylation is 1. The van der Waals surface area contributed by atoms with Gasteiger partial charge in [-0.2, -0.15) is 0 Å². The number of methoxy groups -OCH3 is 1. The number of ether oxygens (including phenoxy) is 3. The van der Waals surface area contributed by atoms with Crippen LogP contribution in [0.15, 0.2) is 30.6 Å². The van der Waals surface area contributed by atoms with Gasteiger partial charge in [0.2, 0.25) is 0 Å². The van der Waals surface area contributed by atoms with Crippen molar-refractivity contribution in [2.75, 3.05) is 20.2 Å². The van der Waals surface area contributed by atoms with Crippen LogP contribution in [0.2, 0.25) is 5.82 Å². The predicted molar refractivity (Wildman–Crippen MR) is 173 cm³/mol. The minimum atomic E-state index is -1.15. The van der Waals surface area contributed by atoms with Crippen molar-refractivity contribution < 1.29 is 28.6 Å². The minimum absolute atomic E-state index is 0.0182. The van der Waals surface area contributed by atoms with Gasteiger partial charge >= 0.3 is 12.1 Å². The molecular formula is C33H49BN6O6. The van der Waals surface area contributed by atoms with Crippen LogP contribution in [-0.2, 0) is 30.3 Å². The third-order valence-corrected chi connectivity index (χ3v) is 9.76. The van der Waals surface area contributed by atoms with Crippen LogP contribution < -0.4 is 5.32 Å². The van der Waals surface area contributed by atoms with Gasteiger partial charge in [-0.1, -0.05) is 25.1 Å². The molecule has 2 radical (unpaired) electrons. The Labute approximate surface area is 273 Å². The van der Waals surface area contributed by atoms with Crippen molar-refractivity contribution in [3.63, 3.8) is 0 Å². The number of carbonyl (C=O) groups is 3. The molecule has 13 heteroatoms. The number of Topliss-reactive ketones (excluding diaryl/α,β-unsaturated/α-hetero) is 1. The lowest BCUT2D eigenvalue weighted by Gasteiger charge is -2.41. The summed E-state index contributed by atoms with van der Waals surface area (Å²) in [5, 5.41) is 12.1. The van der Waals surface area contributed by atoms with E-state index >= 15 is 0 Å². The van der Waals surface area contributed by atoms with Crippen LogP contribution >= 0.6 is 0 Å². The van der Waals surface area contributed by atoms with Crippen LogP contribution in [0, 0.1) is 11.8 Å². The highest BCUT2D eigenvalue weighted by atomic mass is 16.6. The molecule has 8 atom stereocenters. The fraction of sp³-hybridized carbons (Fsp3) is 0.697. The zero-order valence-corrected chi connectivity index (χ0v) is 28.3. The number of esters is 1. The Bertz CT molecular complexity index is 1340. The molecule has 4 rings (SSSR count). The highest BCUT2D eigenvalue weighted by Crippen LogP contribution is 2.39. The highest BCUT2D eigenvalue weighted by molar-refractivity contribution is 6.15.